The van der Waals surface area contributed by atoms with Gasteiger partial charge in [-0.3, -0.25) is 0 Å². The first kappa shape index (κ1) is 12.2. The third-order valence-electron chi connectivity index (χ3n) is 4.15. The minimum atomic E-state index is -0.899. The topological polar surface area (TPSA) is 55.1 Å². The first-order valence-corrected chi connectivity index (χ1v) is 6.78. The molecule has 1 heterocycles. The largest absolute Gasteiger partial charge is 0.478 e. The number of hydrogen-bond donors (Lipinski definition) is 1. The van der Waals surface area contributed by atoms with E-state index < -0.39 is 5.97 Å². The molecule has 2 unspecified atom stereocenters. The van der Waals surface area contributed by atoms with Crippen LogP contribution in [0.25, 0.3) is 11.0 Å². The van der Waals surface area contributed by atoms with Crippen molar-refractivity contribution in [3.63, 3.8) is 0 Å². The van der Waals surface area contributed by atoms with E-state index in [2.05, 4.69) is 16.5 Å². The van der Waals surface area contributed by atoms with Gasteiger partial charge in [0.1, 0.15) is 5.82 Å². The van der Waals surface area contributed by atoms with Crippen LogP contribution >= 0.6 is 0 Å². The molecule has 0 amide bonds. The molecule has 4 heteroatoms. The number of carbonyl (C=O) groups is 1. The van der Waals surface area contributed by atoms with Gasteiger partial charge in [0.25, 0.3) is 0 Å². The molecule has 3 rings (SSSR count). The van der Waals surface area contributed by atoms with Gasteiger partial charge < -0.3 is 9.67 Å². The number of nitrogens with zero attached hydrogens (tertiary/aromatic N) is 2. The summed E-state index contributed by atoms with van der Waals surface area (Å²) in [5.41, 5.74) is 2.15. The molecule has 0 aliphatic heterocycles. The normalized spacial score (nSPS) is 23.1. The average Bonchev–Trinajstić information content (AvgIpc) is 2.90. The number of aromatic nitrogens is 2. The summed E-state index contributed by atoms with van der Waals surface area (Å²) in [5.74, 6) is 0.848. The zero-order valence-corrected chi connectivity index (χ0v) is 11.3. The molecule has 1 N–H and O–H groups in total. The smallest absolute Gasteiger partial charge is 0.335 e. The van der Waals surface area contributed by atoms with E-state index in [0.29, 0.717) is 11.6 Å². The first-order chi connectivity index (χ1) is 9.06. The molecule has 1 aromatic heterocycles. The van der Waals surface area contributed by atoms with Crippen LogP contribution in [0.15, 0.2) is 18.2 Å². The predicted octanol–water partition coefficient (Wildman–Crippen LogP) is 3.40. The summed E-state index contributed by atoms with van der Waals surface area (Å²) in [7, 11) is 0. The third-order valence-corrected chi connectivity index (χ3v) is 4.15. The average molecular weight is 258 g/mol. The van der Waals surface area contributed by atoms with Crippen LogP contribution < -0.4 is 0 Å². The van der Waals surface area contributed by atoms with Gasteiger partial charge in [-0.05, 0) is 50.3 Å². The molecule has 0 spiro atoms. The highest BCUT2D eigenvalue weighted by atomic mass is 16.4. The molecule has 0 saturated heterocycles. The summed E-state index contributed by atoms with van der Waals surface area (Å²) in [6, 6.07) is 5.73. The van der Waals surface area contributed by atoms with E-state index in [1.54, 1.807) is 12.1 Å². The fourth-order valence-corrected chi connectivity index (χ4v) is 3.22. The Morgan fingerprint density at radius 1 is 1.42 bits per heavy atom. The summed E-state index contributed by atoms with van der Waals surface area (Å²) >= 11 is 0. The van der Waals surface area contributed by atoms with Crippen LogP contribution in [0.1, 0.15) is 48.4 Å². The van der Waals surface area contributed by atoms with E-state index in [1.165, 1.54) is 19.3 Å². The summed E-state index contributed by atoms with van der Waals surface area (Å²) < 4.78 is 2.28. The van der Waals surface area contributed by atoms with Crippen molar-refractivity contribution in [3.05, 3.63) is 29.6 Å². The van der Waals surface area contributed by atoms with Crippen molar-refractivity contribution < 1.29 is 9.90 Å². The van der Waals surface area contributed by atoms with Gasteiger partial charge in [0, 0.05) is 6.04 Å². The summed E-state index contributed by atoms with van der Waals surface area (Å²) in [6.07, 6.45) is 3.64. The van der Waals surface area contributed by atoms with Crippen molar-refractivity contribution in [2.75, 3.05) is 0 Å². The molecular weight excluding hydrogens is 240 g/mol. The Labute approximate surface area is 112 Å². The third kappa shape index (κ3) is 2.01. The molecule has 2 aromatic rings. The van der Waals surface area contributed by atoms with Crippen molar-refractivity contribution in [2.24, 2.45) is 5.92 Å². The predicted molar refractivity (Wildman–Crippen MR) is 73.5 cm³/mol. The number of carboxylic acids is 1. The number of imidazole rings is 1. The van der Waals surface area contributed by atoms with Crippen molar-refractivity contribution in [2.45, 2.75) is 39.2 Å². The highest BCUT2D eigenvalue weighted by molar-refractivity contribution is 5.92. The number of hydrogen-bond acceptors (Lipinski definition) is 2. The number of rotatable bonds is 2. The van der Waals surface area contributed by atoms with Crippen LogP contribution in [0.5, 0.6) is 0 Å². The second-order valence-electron chi connectivity index (χ2n) is 5.61. The maximum atomic E-state index is 11.0. The lowest BCUT2D eigenvalue weighted by molar-refractivity contribution is 0.0697. The Kier molecular flexibility index (Phi) is 2.81. The SMILES string of the molecule is Cc1nc2cc(C(=O)O)ccc2n1C1CCC(C)C1. The maximum absolute atomic E-state index is 11.0. The van der Waals surface area contributed by atoms with Crippen LogP contribution in [-0.2, 0) is 0 Å². The zero-order chi connectivity index (χ0) is 13.6. The number of aromatic carboxylic acids is 1. The van der Waals surface area contributed by atoms with E-state index in [4.69, 9.17) is 5.11 Å². The van der Waals surface area contributed by atoms with E-state index in [-0.39, 0.29) is 0 Å². The monoisotopic (exact) mass is 258 g/mol. The van der Waals surface area contributed by atoms with Gasteiger partial charge in [0.05, 0.1) is 16.6 Å². The number of aryl methyl sites for hydroxylation is 1. The molecule has 1 saturated carbocycles. The Balaban J connectivity index is 2.10. The Morgan fingerprint density at radius 2 is 2.21 bits per heavy atom. The van der Waals surface area contributed by atoms with Gasteiger partial charge in [-0.1, -0.05) is 6.92 Å². The van der Waals surface area contributed by atoms with Crippen LogP contribution in [-0.4, -0.2) is 20.6 Å². The minimum absolute atomic E-state index is 0.303. The van der Waals surface area contributed by atoms with Crippen LogP contribution in [0.2, 0.25) is 0 Å². The molecule has 1 aliphatic rings. The zero-order valence-electron chi connectivity index (χ0n) is 11.3. The lowest BCUT2D eigenvalue weighted by atomic mass is 10.1. The van der Waals surface area contributed by atoms with Crippen molar-refractivity contribution >= 4 is 17.0 Å². The van der Waals surface area contributed by atoms with Gasteiger partial charge >= 0.3 is 5.97 Å². The Hall–Kier alpha value is -1.84. The van der Waals surface area contributed by atoms with Gasteiger partial charge in [-0.25, -0.2) is 9.78 Å². The highest BCUT2D eigenvalue weighted by Crippen LogP contribution is 2.37. The Bertz CT molecular complexity index is 645. The minimum Gasteiger partial charge on any atom is -0.478 e. The van der Waals surface area contributed by atoms with Gasteiger partial charge in [-0.15, -0.1) is 0 Å². The van der Waals surface area contributed by atoms with Crippen molar-refractivity contribution in [3.8, 4) is 0 Å². The van der Waals surface area contributed by atoms with E-state index in [0.717, 1.165) is 22.8 Å². The van der Waals surface area contributed by atoms with E-state index in [1.807, 2.05) is 13.0 Å². The molecule has 1 aromatic carbocycles. The maximum Gasteiger partial charge on any atom is 0.335 e. The summed E-state index contributed by atoms with van der Waals surface area (Å²) in [5, 5.41) is 9.03. The molecular formula is C15H18N2O2. The lowest BCUT2D eigenvalue weighted by Gasteiger charge is -2.15. The van der Waals surface area contributed by atoms with Gasteiger partial charge in [-0.2, -0.15) is 0 Å². The molecule has 2 atom stereocenters. The second kappa shape index (κ2) is 4.37. The fraction of sp³-hybridized carbons (Fsp3) is 0.467. The van der Waals surface area contributed by atoms with Crippen LogP contribution in [0.4, 0.5) is 0 Å². The van der Waals surface area contributed by atoms with E-state index >= 15 is 0 Å². The quantitative estimate of drug-likeness (QED) is 0.898. The second-order valence-corrected chi connectivity index (χ2v) is 5.61. The summed E-state index contributed by atoms with van der Waals surface area (Å²) in [6.45, 7) is 4.29. The molecule has 0 bridgehead atoms. The van der Waals surface area contributed by atoms with Gasteiger partial charge in [0.2, 0.25) is 0 Å². The summed E-state index contributed by atoms with van der Waals surface area (Å²) in [4.78, 5) is 15.5. The van der Waals surface area contributed by atoms with Crippen LogP contribution in [0, 0.1) is 12.8 Å². The molecule has 0 radical (unpaired) electrons. The first-order valence-electron chi connectivity index (χ1n) is 6.78. The highest BCUT2D eigenvalue weighted by Gasteiger charge is 2.25. The van der Waals surface area contributed by atoms with Gasteiger partial charge in [0.15, 0.2) is 0 Å². The number of fused-ring (bicyclic) bond motifs is 1. The van der Waals surface area contributed by atoms with Crippen molar-refractivity contribution in [1.82, 2.24) is 9.55 Å². The van der Waals surface area contributed by atoms with E-state index in [9.17, 15) is 4.79 Å². The number of carboxylic acid groups (broad SMARTS) is 1. The van der Waals surface area contributed by atoms with Crippen LogP contribution in [0.3, 0.4) is 0 Å². The molecule has 1 fully saturated rings. The standard InChI is InChI=1S/C15H18N2O2/c1-9-3-5-12(7-9)17-10(2)16-13-8-11(15(18)19)4-6-14(13)17/h4,6,8-9,12H,3,5,7H2,1-2H3,(H,18,19). The molecule has 100 valence electrons. The lowest BCUT2D eigenvalue weighted by Crippen LogP contribution is -2.07. The number of benzene rings is 1. The Morgan fingerprint density at radius 3 is 2.84 bits per heavy atom. The molecule has 4 nitrogen and oxygen atoms in total. The molecule has 1 aliphatic carbocycles. The fourth-order valence-electron chi connectivity index (χ4n) is 3.22. The van der Waals surface area contributed by atoms with Crippen molar-refractivity contribution in [1.29, 1.82) is 0 Å². The molecule has 19 heavy (non-hydrogen) atoms.